The number of carbonyl (C=O) groups excluding carboxylic acids is 1. The number of fused-ring (bicyclic) bond motifs is 1. The Bertz CT molecular complexity index is 508. The van der Waals surface area contributed by atoms with Crippen molar-refractivity contribution >= 4 is 28.8 Å². The average Bonchev–Trinajstić information content (AvgIpc) is 2.64. The van der Waals surface area contributed by atoms with Gasteiger partial charge >= 0.3 is 0 Å². The van der Waals surface area contributed by atoms with Gasteiger partial charge in [-0.1, -0.05) is 24.3 Å². The van der Waals surface area contributed by atoms with Crippen molar-refractivity contribution in [1.29, 1.82) is 0 Å². The molecule has 1 aliphatic carbocycles. The van der Waals surface area contributed by atoms with Gasteiger partial charge in [-0.3, -0.25) is 10.2 Å². The summed E-state index contributed by atoms with van der Waals surface area (Å²) in [4.78, 5) is 13.7. The maximum absolute atomic E-state index is 12.0. The van der Waals surface area contributed by atoms with Gasteiger partial charge in [0.1, 0.15) is 5.71 Å². The molecule has 0 amide bonds. The van der Waals surface area contributed by atoms with Crippen molar-refractivity contribution in [2.24, 2.45) is 5.10 Å². The Labute approximate surface area is 105 Å². The molecule has 2 rings (SSSR count). The van der Waals surface area contributed by atoms with Gasteiger partial charge in [-0.15, -0.1) is 0 Å². The third-order valence-corrected chi connectivity index (χ3v) is 3.03. The topological polar surface area (TPSA) is 44.7 Å². The fraction of sp³-hybridized carbons (Fsp3) is 0.250. The molecule has 0 saturated heterocycles. The molecule has 88 valence electrons. The molecule has 0 fully saturated rings. The Balaban J connectivity index is 2.15. The lowest BCUT2D eigenvalue weighted by Crippen LogP contribution is -2.32. The number of Topliss-reactive ketones (excluding diaryl/α,β-unsaturated/α-hetero) is 1. The fourth-order valence-corrected chi connectivity index (χ4v) is 1.66. The summed E-state index contributed by atoms with van der Waals surface area (Å²) in [6.07, 6.45) is 0.568. The number of benzene rings is 1. The lowest BCUT2D eigenvalue weighted by molar-refractivity contribution is 0.106. The van der Waals surface area contributed by atoms with Gasteiger partial charge in [0.05, 0.1) is 0 Å². The van der Waals surface area contributed by atoms with Crippen molar-refractivity contribution < 1.29 is 4.79 Å². The molecule has 17 heavy (non-hydrogen) atoms. The first-order chi connectivity index (χ1) is 8.09. The standard InChI is InChI=1S/C12H13N3OS/c1-15(2)12(17)14-13-10-7-8-5-3-4-6-9(8)11(10)16/h3-6H,7H2,1-2H3,(H,14,17)/b13-10+. The first kappa shape index (κ1) is 11.7. The number of rotatable bonds is 1. The number of thiocarbonyl (C=S) groups is 1. The predicted molar refractivity (Wildman–Crippen MR) is 71.3 cm³/mol. The lowest BCUT2D eigenvalue weighted by Gasteiger charge is -2.12. The molecule has 1 aromatic rings. The summed E-state index contributed by atoms with van der Waals surface area (Å²) < 4.78 is 0. The maximum atomic E-state index is 12.0. The van der Waals surface area contributed by atoms with Gasteiger partial charge < -0.3 is 4.90 Å². The van der Waals surface area contributed by atoms with Crippen LogP contribution in [0.25, 0.3) is 0 Å². The second-order valence-corrected chi connectivity index (χ2v) is 4.42. The maximum Gasteiger partial charge on any atom is 0.209 e. The third-order valence-electron chi connectivity index (χ3n) is 2.57. The van der Waals surface area contributed by atoms with Crippen molar-refractivity contribution in [2.45, 2.75) is 6.42 Å². The SMILES string of the molecule is CN(C)C(=S)N/N=C1\Cc2ccccc2C1=O. The van der Waals surface area contributed by atoms with Crippen molar-refractivity contribution in [2.75, 3.05) is 14.1 Å². The molecule has 1 aromatic carbocycles. The molecule has 4 nitrogen and oxygen atoms in total. The summed E-state index contributed by atoms with van der Waals surface area (Å²) in [6, 6.07) is 7.55. The number of nitrogens with zero attached hydrogens (tertiary/aromatic N) is 2. The predicted octanol–water partition coefficient (Wildman–Crippen LogP) is 1.22. The van der Waals surface area contributed by atoms with Gasteiger partial charge in [-0.2, -0.15) is 5.10 Å². The van der Waals surface area contributed by atoms with Gasteiger partial charge in [0, 0.05) is 26.1 Å². The first-order valence-electron chi connectivity index (χ1n) is 5.26. The molecule has 0 bridgehead atoms. The molecule has 1 aliphatic rings. The van der Waals surface area contributed by atoms with Crippen molar-refractivity contribution in [1.82, 2.24) is 10.3 Å². The Kier molecular flexibility index (Phi) is 3.19. The van der Waals surface area contributed by atoms with E-state index in [-0.39, 0.29) is 5.78 Å². The van der Waals surface area contributed by atoms with Crippen LogP contribution in [0, 0.1) is 0 Å². The largest absolute Gasteiger partial charge is 0.354 e. The van der Waals surface area contributed by atoms with Gasteiger partial charge in [0.2, 0.25) is 5.78 Å². The van der Waals surface area contributed by atoms with Gasteiger partial charge in [0.25, 0.3) is 0 Å². The molecule has 0 aliphatic heterocycles. The molecule has 0 spiro atoms. The Hall–Kier alpha value is -1.75. The van der Waals surface area contributed by atoms with Gasteiger partial charge in [0.15, 0.2) is 5.11 Å². The summed E-state index contributed by atoms with van der Waals surface area (Å²) in [5.41, 5.74) is 4.99. The number of nitrogens with one attached hydrogen (secondary N) is 1. The van der Waals surface area contributed by atoms with Crippen LogP contribution in [0.1, 0.15) is 15.9 Å². The monoisotopic (exact) mass is 247 g/mol. The minimum absolute atomic E-state index is 0.0188. The molecule has 0 radical (unpaired) electrons. The summed E-state index contributed by atoms with van der Waals surface area (Å²) in [6.45, 7) is 0. The average molecular weight is 247 g/mol. The summed E-state index contributed by atoms with van der Waals surface area (Å²) in [7, 11) is 3.64. The fourth-order valence-electron chi connectivity index (χ4n) is 1.62. The van der Waals surface area contributed by atoms with E-state index in [0.29, 0.717) is 17.2 Å². The summed E-state index contributed by atoms with van der Waals surface area (Å²) >= 11 is 5.03. The first-order valence-corrected chi connectivity index (χ1v) is 5.67. The second kappa shape index (κ2) is 4.63. The van der Waals surface area contributed by atoms with Crippen LogP contribution in [-0.4, -0.2) is 35.6 Å². The molecule has 5 heteroatoms. The van der Waals surface area contributed by atoms with Crippen LogP contribution in [0.15, 0.2) is 29.4 Å². The normalized spacial score (nSPS) is 15.9. The van der Waals surface area contributed by atoms with E-state index in [0.717, 1.165) is 11.1 Å². The Morgan fingerprint density at radius 2 is 2.12 bits per heavy atom. The van der Waals surface area contributed by atoms with E-state index < -0.39 is 0 Å². The van der Waals surface area contributed by atoms with E-state index in [2.05, 4.69) is 10.5 Å². The van der Waals surface area contributed by atoms with Crippen LogP contribution in [0.5, 0.6) is 0 Å². The van der Waals surface area contributed by atoms with Gasteiger partial charge in [-0.25, -0.2) is 0 Å². The number of carbonyl (C=O) groups is 1. The molecule has 0 aromatic heterocycles. The van der Waals surface area contributed by atoms with E-state index in [1.807, 2.05) is 38.4 Å². The zero-order chi connectivity index (χ0) is 12.4. The van der Waals surface area contributed by atoms with Crippen LogP contribution in [-0.2, 0) is 6.42 Å². The van der Waals surface area contributed by atoms with Crippen molar-refractivity contribution in [3.05, 3.63) is 35.4 Å². The molecule has 0 saturated carbocycles. The lowest BCUT2D eigenvalue weighted by atomic mass is 10.1. The van der Waals surface area contributed by atoms with Gasteiger partial charge in [-0.05, 0) is 17.8 Å². The minimum Gasteiger partial charge on any atom is -0.354 e. The molecule has 0 heterocycles. The van der Waals surface area contributed by atoms with Crippen LogP contribution in [0.4, 0.5) is 0 Å². The highest BCUT2D eigenvalue weighted by molar-refractivity contribution is 7.80. The zero-order valence-electron chi connectivity index (χ0n) is 9.73. The zero-order valence-corrected chi connectivity index (χ0v) is 10.5. The summed E-state index contributed by atoms with van der Waals surface area (Å²) in [5.74, 6) is -0.0188. The molecular formula is C12H13N3OS. The van der Waals surface area contributed by atoms with Crippen LogP contribution >= 0.6 is 12.2 Å². The Morgan fingerprint density at radius 3 is 2.76 bits per heavy atom. The Morgan fingerprint density at radius 1 is 1.41 bits per heavy atom. The van der Waals surface area contributed by atoms with E-state index in [9.17, 15) is 4.79 Å². The number of hydrogen-bond donors (Lipinski definition) is 1. The van der Waals surface area contributed by atoms with E-state index in [4.69, 9.17) is 12.2 Å². The molecule has 1 N–H and O–H groups in total. The van der Waals surface area contributed by atoms with Crippen LogP contribution in [0.3, 0.4) is 0 Å². The third kappa shape index (κ3) is 2.34. The van der Waals surface area contributed by atoms with Crippen molar-refractivity contribution in [3.8, 4) is 0 Å². The van der Waals surface area contributed by atoms with E-state index in [1.165, 1.54) is 0 Å². The van der Waals surface area contributed by atoms with Crippen molar-refractivity contribution in [3.63, 3.8) is 0 Å². The number of hydrazone groups is 1. The molecule has 0 unspecified atom stereocenters. The minimum atomic E-state index is -0.0188. The number of ketones is 1. The van der Waals surface area contributed by atoms with Crippen LogP contribution < -0.4 is 5.43 Å². The molecular weight excluding hydrogens is 234 g/mol. The highest BCUT2D eigenvalue weighted by Crippen LogP contribution is 2.19. The smallest absolute Gasteiger partial charge is 0.209 e. The number of hydrogen-bond acceptors (Lipinski definition) is 3. The molecule has 0 atom stereocenters. The van der Waals surface area contributed by atoms with Crippen LogP contribution in [0.2, 0.25) is 0 Å². The second-order valence-electron chi connectivity index (χ2n) is 4.03. The highest BCUT2D eigenvalue weighted by atomic mass is 32.1. The quantitative estimate of drug-likeness (QED) is 0.598. The van der Waals surface area contributed by atoms with E-state index in [1.54, 1.807) is 4.90 Å². The summed E-state index contributed by atoms with van der Waals surface area (Å²) in [5, 5.41) is 4.56. The van der Waals surface area contributed by atoms with E-state index >= 15 is 0 Å². The highest BCUT2D eigenvalue weighted by Gasteiger charge is 2.25.